The number of oxazole rings is 1. The molecule has 0 spiro atoms. The third-order valence-electron chi connectivity index (χ3n) is 2.46. The molecule has 0 fully saturated rings. The Kier molecular flexibility index (Phi) is 2.33. The van der Waals surface area contributed by atoms with Crippen LogP contribution in [0.2, 0.25) is 0 Å². The summed E-state index contributed by atoms with van der Waals surface area (Å²) in [5, 5.41) is 0. The van der Waals surface area contributed by atoms with E-state index < -0.39 is 5.76 Å². The van der Waals surface area contributed by atoms with Gasteiger partial charge in [0.1, 0.15) is 4.60 Å². The van der Waals surface area contributed by atoms with E-state index >= 15 is 0 Å². The Labute approximate surface area is 105 Å². The maximum Gasteiger partial charge on any atom is 0.424 e. The lowest BCUT2D eigenvalue weighted by atomic mass is 10.3. The summed E-state index contributed by atoms with van der Waals surface area (Å²) in [6.45, 7) is 0. The molecule has 0 unspecified atom stereocenters. The Balaban J connectivity index is 2.33. The molecule has 0 saturated heterocycles. The molecule has 0 aliphatic carbocycles. The number of halogens is 1. The first-order valence-corrected chi connectivity index (χ1v) is 5.77. The molecule has 84 valence electrons. The number of para-hydroxylation sites is 2. The largest absolute Gasteiger partial charge is 0.424 e. The Morgan fingerprint density at radius 2 is 2.00 bits per heavy atom. The molecule has 17 heavy (non-hydrogen) atoms. The summed E-state index contributed by atoms with van der Waals surface area (Å²) in [5.41, 5.74) is 1.99. The number of fused-ring (bicyclic) bond motifs is 1. The predicted molar refractivity (Wildman–Crippen MR) is 67.3 cm³/mol. The molecular formula is C12H7BrN2O2. The van der Waals surface area contributed by atoms with E-state index in [9.17, 15) is 4.79 Å². The molecular weight excluding hydrogens is 284 g/mol. The molecule has 5 heteroatoms. The van der Waals surface area contributed by atoms with Crippen molar-refractivity contribution in [2.24, 2.45) is 0 Å². The Morgan fingerprint density at radius 3 is 2.76 bits per heavy atom. The first-order chi connectivity index (χ1) is 8.25. The summed E-state index contributed by atoms with van der Waals surface area (Å²) in [4.78, 5) is 15.9. The van der Waals surface area contributed by atoms with Gasteiger partial charge in [-0.1, -0.05) is 12.1 Å². The third kappa shape index (κ3) is 1.68. The summed E-state index contributed by atoms with van der Waals surface area (Å²) in [5.74, 6) is -0.407. The van der Waals surface area contributed by atoms with Crippen LogP contribution in [-0.2, 0) is 0 Å². The highest BCUT2D eigenvalue weighted by Gasteiger charge is 2.10. The van der Waals surface area contributed by atoms with Gasteiger partial charge in [-0.15, -0.1) is 0 Å². The highest BCUT2D eigenvalue weighted by Crippen LogP contribution is 2.17. The van der Waals surface area contributed by atoms with E-state index in [-0.39, 0.29) is 0 Å². The van der Waals surface area contributed by atoms with Gasteiger partial charge in [0.2, 0.25) is 0 Å². The fourth-order valence-corrected chi connectivity index (χ4v) is 1.95. The van der Waals surface area contributed by atoms with Crippen LogP contribution in [0.5, 0.6) is 0 Å². The fourth-order valence-electron chi connectivity index (χ4n) is 1.71. The minimum absolute atomic E-state index is 0.407. The molecule has 1 aromatic carbocycles. The minimum atomic E-state index is -0.407. The smallest absolute Gasteiger partial charge is 0.407 e. The zero-order valence-corrected chi connectivity index (χ0v) is 10.2. The highest BCUT2D eigenvalue weighted by atomic mass is 79.9. The summed E-state index contributed by atoms with van der Waals surface area (Å²) in [7, 11) is 0. The van der Waals surface area contributed by atoms with Gasteiger partial charge in [-0.3, -0.25) is 0 Å². The lowest BCUT2D eigenvalue weighted by Gasteiger charge is -2.00. The van der Waals surface area contributed by atoms with Crippen LogP contribution < -0.4 is 5.76 Å². The molecule has 2 aromatic heterocycles. The normalized spacial score (nSPS) is 10.9. The van der Waals surface area contributed by atoms with Crippen molar-refractivity contribution in [1.82, 2.24) is 9.55 Å². The number of hydrogen-bond donors (Lipinski definition) is 0. The minimum Gasteiger partial charge on any atom is -0.407 e. The van der Waals surface area contributed by atoms with E-state index in [2.05, 4.69) is 20.9 Å². The quantitative estimate of drug-likeness (QED) is 0.648. The lowest BCUT2D eigenvalue weighted by molar-refractivity contribution is 0.540. The Hall–Kier alpha value is -1.88. The lowest BCUT2D eigenvalue weighted by Crippen LogP contribution is -2.11. The van der Waals surface area contributed by atoms with Crippen LogP contribution in [0, 0.1) is 0 Å². The van der Waals surface area contributed by atoms with Gasteiger partial charge >= 0.3 is 5.76 Å². The average Bonchev–Trinajstić information content (AvgIpc) is 2.66. The van der Waals surface area contributed by atoms with Crippen LogP contribution in [0.4, 0.5) is 0 Å². The number of aromatic nitrogens is 2. The topological polar surface area (TPSA) is 48.0 Å². The van der Waals surface area contributed by atoms with Crippen molar-refractivity contribution in [3.05, 3.63) is 57.7 Å². The van der Waals surface area contributed by atoms with Gasteiger partial charge in [-0.2, -0.15) is 0 Å². The Morgan fingerprint density at radius 1 is 1.18 bits per heavy atom. The van der Waals surface area contributed by atoms with Crippen molar-refractivity contribution in [3.63, 3.8) is 0 Å². The molecule has 0 atom stereocenters. The van der Waals surface area contributed by atoms with E-state index in [1.807, 2.05) is 18.2 Å². The monoisotopic (exact) mass is 290 g/mol. The fraction of sp³-hybridized carbons (Fsp3) is 0. The SMILES string of the molecule is O=c1oc2ccccc2n1-c1ccc(Br)nc1. The number of hydrogen-bond acceptors (Lipinski definition) is 3. The number of nitrogens with zero attached hydrogens (tertiary/aromatic N) is 2. The van der Waals surface area contributed by atoms with Crippen LogP contribution in [0.25, 0.3) is 16.8 Å². The zero-order chi connectivity index (χ0) is 11.8. The van der Waals surface area contributed by atoms with Crippen molar-refractivity contribution in [1.29, 1.82) is 0 Å². The first kappa shape index (κ1) is 10.3. The Bertz CT molecular complexity index is 728. The van der Waals surface area contributed by atoms with Gasteiger partial charge < -0.3 is 4.42 Å². The molecule has 0 aliphatic rings. The van der Waals surface area contributed by atoms with Gasteiger partial charge in [0.05, 0.1) is 17.4 Å². The second-order valence-corrected chi connectivity index (χ2v) is 4.32. The van der Waals surface area contributed by atoms with Gasteiger partial charge in [-0.25, -0.2) is 14.3 Å². The summed E-state index contributed by atoms with van der Waals surface area (Å²) in [6.07, 6.45) is 1.62. The van der Waals surface area contributed by atoms with Gasteiger partial charge in [0, 0.05) is 0 Å². The number of pyridine rings is 1. The van der Waals surface area contributed by atoms with Crippen molar-refractivity contribution in [3.8, 4) is 5.69 Å². The van der Waals surface area contributed by atoms with Crippen LogP contribution in [0.15, 0.2) is 56.4 Å². The summed E-state index contributed by atoms with van der Waals surface area (Å²) in [6, 6.07) is 10.9. The molecule has 0 N–H and O–H groups in total. The predicted octanol–water partition coefficient (Wildman–Crippen LogP) is 2.74. The molecule has 0 radical (unpaired) electrons. The van der Waals surface area contributed by atoms with E-state index in [0.717, 1.165) is 10.1 Å². The molecule has 0 saturated carbocycles. The van der Waals surface area contributed by atoms with Crippen LogP contribution in [-0.4, -0.2) is 9.55 Å². The van der Waals surface area contributed by atoms with E-state index in [0.29, 0.717) is 11.3 Å². The number of rotatable bonds is 1. The third-order valence-corrected chi connectivity index (χ3v) is 2.93. The van der Waals surface area contributed by atoms with Crippen LogP contribution in [0.3, 0.4) is 0 Å². The highest BCUT2D eigenvalue weighted by molar-refractivity contribution is 9.10. The van der Waals surface area contributed by atoms with Crippen molar-refractivity contribution < 1.29 is 4.42 Å². The molecule has 0 aliphatic heterocycles. The second-order valence-electron chi connectivity index (χ2n) is 3.51. The zero-order valence-electron chi connectivity index (χ0n) is 8.63. The van der Waals surface area contributed by atoms with Crippen molar-refractivity contribution in [2.45, 2.75) is 0 Å². The maximum atomic E-state index is 11.8. The number of benzene rings is 1. The van der Waals surface area contributed by atoms with Crippen molar-refractivity contribution in [2.75, 3.05) is 0 Å². The molecule has 4 nitrogen and oxygen atoms in total. The molecule has 3 rings (SSSR count). The van der Waals surface area contributed by atoms with E-state index in [1.165, 1.54) is 4.57 Å². The molecule has 0 bridgehead atoms. The summed E-state index contributed by atoms with van der Waals surface area (Å²) >= 11 is 3.26. The van der Waals surface area contributed by atoms with Gasteiger partial charge in [0.15, 0.2) is 5.58 Å². The van der Waals surface area contributed by atoms with Crippen LogP contribution >= 0.6 is 15.9 Å². The molecule has 2 heterocycles. The maximum absolute atomic E-state index is 11.8. The van der Waals surface area contributed by atoms with E-state index in [1.54, 1.807) is 24.4 Å². The second kappa shape index (κ2) is 3.85. The first-order valence-electron chi connectivity index (χ1n) is 4.98. The van der Waals surface area contributed by atoms with Gasteiger partial charge in [0.25, 0.3) is 0 Å². The average molecular weight is 291 g/mol. The molecule has 3 aromatic rings. The summed E-state index contributed by atoms with van der Waals surface area (Å²) < 4.78 is 7.37. The standard InChI is InChI=1S/C12H7BrN2O2/c13-11-6-5-8(7-14-11)15-9-3-1-2-4-10(9)17-12(15)16/h1-7H. The molecule has 0 amide bonds. The van der Waals surface area contributed by atoms with E-state index in [4.69, 9.17) is 4.42 Å². The van der Waals surface area contributed by atoms with Crippen LogP contribution in [0.1, 0.15) is 0 Å². The van der Waals surface area contributed by atoms with Crippen molar-refractivity contribution >= 4 is 27.0 Å². The van der Waals surface area contributed by atoms with Gasteiger partial charge in [-0.05, 0) is 40.2 Å².